The van der Waals surface area contributed by atoms with Crippen LogP contribution >= 0.6 is 24.8 Å². The molecule has 1 aliphatic carbocycles. The van der Waals surface area contributed by atoms with Crippen LogP contribution in [0.25, 0.3) is 0 Å². The maximum absolute atomic E-state index is 12.2. The monoisotopic (exact) mass is 400 g/mol. The fraction of sp³-hybridized carbons (Fsp3) is 0.611. The molecule has 0 aromatic carbocycles. The highest BCUT2D eigenvalue weighted by Crippen LogP contribution is 2.33. The number of aromatic nitrogens is 1. The molecule has 2 amide bonds. The number of carbonyl (C=O) groups excluding carboxylic acids is 2. The van der Waals surface area contributed by atoms with E-state index in [0.29, 0.717) is 35.9 Å². The fourth-order valence-electron chi connectivity index (χ4n) is 3.93. The van der Waals surface area contributed by atoms with E-state index in [4.69, 9.17) is 0 Å². The average molecular weight is 401 g/mol. The lowest BCUT2D eigenvalue weighted by atomic mass is 9.89. The van der Waals surface area contributed by atoms with Crippen LogP contribution in [-0.2, 0) is 9.59 Å². The number of nitrogens with one attached hydrogen (secondary N) is 3. The summed E-state index contributed by atoms with van der Waals surface area (Å²) in [5.41, 5.74) is 0.682. The summed E-state index contributed by atoms with van der Waals surface area (Å²) in [4.78, 5) is 28.1. The summed E-state index contributed by atoms with van der Waals surface area (Å²) in [5, 5.41) is 9.32. The molecular weight excluding hydrogens is 375 g/mol. The molecule has 1 saturated carbocycles. The molecule has 3 heterocycles. The van der Waals surface area contributed by atoms with Gasteiger partial charge in [-0.2, -0.15) is 0 Å². The molecule has 3 fully saturated rings. The van der Waals surface area contributed by atoms with Gasteiger partial charge in [-0.05, 0) is 56.6 Å². The van der Waals surface area contributed by atoms with Gasteiger partial charge in [0.15, 0.2) is 0 Å². The van der Waals surface area contributed by atoms with E-state index in [1.807, 2.05) is 0 Å². The van der Waals surface area contributed by atoms with Gasteiger partial charge in [0.25, 0.3) is 0 Å². The van der Waals surface area contributed by atoms with Crippen LogP contribution in [0.2, 0.25) is 0 Å². The van der Waals surface area contributed by atoms with E-state index < -0.39 is 0 Å². The van der Waals surface area contributed by atoms with Crippen LogP contribution in [0.3, 0.4) is 0 Å². The highest BCUT2D eigenvalue weighted by atomic mass is 35.5. The molecule has 2 aliphatic heterocycles. The number of pyridine rings is 1. The molecular formula is C18H26Cl2N4O2. The smallest absolute Gasteiger partial charge is 0.228 e. The van der Waals surface area contributed by atoms with E-state index in [1.165, 1.54) is 12.8 Å². The molecule has 4 rings (SSSR count). The predicted octanol–water partition coefficient (Wildman–Crippen LogP) is 3.13. The first-order valence-corrected chi connectivity index (χ1v) is 8.98. The van der Waals surface area contributed by atoms with Crippen molar-refractivity contribution in [2.75, 3.05) is 10.6 Å². The van der Waals surface area contributed by atoms with E-state index in [2.05, 4.69) is 20.9 Å². The lowest BCUT2D eigenvalue weighted by Crippen LogP contribution is -2.39. The highest BCUT2D eigenvalue weighted by Gasteiger charge is 2.34. The molecule has 26 heavy (non-hydrogen) atoms. The molecule has 2 bridgehead atoms. The zero-order chi connectivity index (χ0) is 16.5. The summed E-state index contributed by atoms with van der Waals surface area (Å²) in [6.45, 7) is 0. The number of fused-ring (bicyclic) bond motifs is 2. The molecule has 2 saturated heterocycles. The zero-order valence-electron chi connectivity index (χ0n) is 14.6. The number of carbonyl (C=O) groups is 2. The number of nitrogens with zero attached hydrogens (tertiary/aromatic N) is 1. The summed E-state index contributed by atoms with van der Waals surface area (Å²) in [5.74, 6) is 1.28. The van der Waals surface area contributed by atoms with Crippen LogP contribution in [0.1, 0.15) is 44.9 Å². The third kappa shape index (κ3) is 5.32. The first-order chi connectivity index (χ1) is 11.7. The molecule has 1 aromatic heterocycles. The standard InChI is InChI=1S/C18H24N4O2.2ClH/c23-17(9-11-7-13-3-4-14(8-11)20-13)21-15-5-6-16(19-10-15)22-18(24)12-1-2-12;;/h5-6,10-14,20H,1-4,7-9H2,(H,21,23)(H,19,22,24);2*1H. The number of halogens is 2. The predicted molar refractivity (Wildman–Crippen MR) is 106 cm³/mol. The van der Waals surface area contributed by atoms with E-state index in [1.54, 1.807) is 18.3 Å². The second kappa shape index (κ2) is 9.02. The Balaban J connectivity index is 0.00000121. The van der Waals surface area contributed by atoms with Crippen molar-refractivity contribution in [1.82, 2.24) is 10.3 Å². The number of rotatable bonds is 5. The van der Waals surface area contributed by atoms with Gasteiger partial charge >= 0.3 is 0 Å². The van der Waals surface area contributed by atoms with Gasteiger partial charge in [-0.1, -0.05) is 0 Å². The Morgan fingerprint density at radius 1 is 1.04 bits per heavy atom. The van der Waals surface area contributed by atoms with Gasteiger partial charge in [0, 0.05) is 24.4 Å². The Kier molecular flexibility index (Phi) is 7.26. The normalized spacial score (nSPS) is 26.2. The summed E-state index contributed by atoms with van der Waals surface area (Å²) in [7, 11) is 0. The minimum Gasteiger partial charge on any atom is -0.325 e. The third-order valence-electron chi connectivity index (χ3n) is 5.29. The summed E-state index contributed by atoms with van der Waals surface area (Å²) >= 11 is 0. The van der Waals surface area contributed by atoms with Crippen LogP contribution in [0.15, 0.2) is 18.3 Å². The van der Waals surface area contributed by atoms with Crippen molar-refractivity contribution in [2.45, 2.75) is 57.0 Å². The lowest BCUT2D eigenvalue weighted by Gasteiger charge is -2.28. The van der Waals surface area contributed by atoms with Gasteiger partial charge in [-0.3, -0.25) is 9.59 Å². The van der Waals surface area contributed by atoms with Crippen molar-refractivity contribution in [1.29, 1.82) is 0 Å². The molecule has 6 nitrogen and oxygen atoms in total. The molecule has 0 radical (unpaired) electrons. The van der Waals surface area contributed by atoms with Gasteiger partial charge in [-0.25, -0.2) is 4.98 Å². The average Bonchev–Trinajstić information content (AvgIpc) is 3.35. The van der Waals surface area contributed by atoms with Crippen molar-refractivity contribution in [3.8, 4) is 0 Å². The summed E-state index contributed by atoms with van der Waals surface area (Å²) < 4.78 is 0. The SMILES string of the molecule is Cl.Cl.O=C(CC1CC2CCC(C1)N2)Nc1ccc(NC(=O)C2CC2)nc1. The molecule has 144 valence electrons. The molecule has 3 aliphatic rings. The minimum absolute atomic E-state index is 0. The summed E-state index contributed by atoms with van der Waals surface area (Å²) in [6, 6.07) is 4.75. The lowest BCUT2D eigenvalue weighted by molar-refractivity contribution is -0.118. The van der Waals surface area contributed by atoms with Crippen molar-refractivity contribution < 1.29 is 9.59 Å². The number of hydrogen-bond donors (Lipinski definition) is 3. The fourth-order valence-corrected chi connectivity index (χ4v) is 3.93. The molecule has 2 unspecified atom stereocenters. The van der Waals surface area contributed by atoms with E-state index in [-0.39, 0.29) is 42.5 Å². The number of piperidine rings is 1. The van der Waals surface area contributed by atoms with Crippen LogP contribution < -0.4 is 16.0 Å². The maximum Gasteiger partial charge on any atom is 0.228 e. The molecule has 0 spiro atoms. The quantitative estimate of drug-likeness (QED) is 0.708. The van der Waals surface area contributed by atoms with Crippen molar-refractivity contribution >= 4 is 48.1 Å². The topological polar surface area (TPSA) is 83.1 Å². The van der Waals surface area contributed by atoms with E-state index >= 15 is 0 Å². The Morgan fingerprint density at radius 2 is 1.73 bits per heavy atom. The second-order valence-electron chi connectivity index (χ2n) is 7.42. The Bertz CT molecular complexity index is 625. The van der Waals surface area contributed by atoms with Crippen LogP contribution in [0.4, 0.5) is 11.5 Å². The van der Waals surface area contributed by atoms with Gasteiger partial charge < -0.3 is 16.0 Å². The minimum atomic E-state index is 0. The van der Waals surface area contributed by atoms with E-state index in [0.717, 1.165) is 25.7 Å². The number of anilines is 2. The molecule has 2 atom stereocenters. The Hall–Kier alpha value is -1.37. The van der Waals surface area contributed by atoms with Crippen LogP contribution in [-0.4, -0.2) is 28.9 Å². The van der Waals surface area contributed by atoms with Gasteiger partial charge in [0.2, 0.25) is 11.8 Å². The van der Waals surface area contributed by atoms with Crippen molar-refractivity contribution in [3.63, 3.8) is 0 Å². The number of hydrogen-bond acceptors (Lipinski definition) is 4. The van der Waals surface area contributed by atoms with Crippen molar-refractivity contribution in [3.05, 3.63) is 18.3 Å². The van der Waals surface area contributed by atoms with Crippen molar-refractivity contribution in [2.24, 2.45) is 11.8 Å². The van der Waals surface area contributed by atoms with Crippen LogP contribution in [0, 0.1) is 11.8 Å². The maximum atomic E-state index is 12.2. The first-order valence-electron chi connectivity index (χ1n) is 8.98. The number of amides is 2. The van der Waals surface area contributed by atoms with Gasteiger partial charge in [0.1, 0.15) is 5.82 Å². The Morgan fingerprint density at radius 3 is 2.31 bits per heavy atom. The molecule has 1 aromatic rings. The highest BCUT2D eigenvalue weighted by molar-refractivity contribution is 5.94. The molecule has 8 heteroatoms. The summed E-state index contributed by atoms with van der Waals surface area (Å²) in [6.07, 6.45) is 8.84. The second-order valence-corrected chi connectivity index (χ2v) is 7.42. The molecule has 3 N–H and O–H groups in total. The third-order valence-corrected chi connectivity index (χ3v) is 5.29. The first kappa shape index (κ1) is 20.9. The van der Waals surface area contributed by atoms with Gasteiger partial charge in [0.05, 0.1) is 11.9 Å². The largest absolute Gasteiger partial charge is 0.325 e. The van der Waals surface area contributed by atoms with Crippen LogP contribution in [0.5, 0.6) is 0 Å². The van der Waals surface area contributed by atoms with Gasteiger partial charge in [-0.15, -0.1) is 24.8 Å². The Labute approximate surface area is 166 Å². The van der Waals surface area contributed by atoms with E-state index in [9.17, 15) is 9.59 Å². The zero-order valence-corrected chi connectivity index (χ0v) is 16.2.